The quantitative estimate of drug-likeness (QED) is 0.432. The van der Waals surface area contributed by atoms with E-state index in [1.165, 1.54) is 0 Å². The van der Waals surface area contributed by atoms with Gasteiger partial charge in [0.15, 0.2) is 5.78 Å². The number of ether oxygens (including phenoxy) is 1. The third-order valence-corrected chi connectivity index (χ3v) is 3.80. The van der Waals surface area contributed by atoms with Crippen LogP contribution in [0.5, 0.6) is 5.75 Å². The van der Waals surface area contributed by atoms with Crippen molar-refractivity contribution in [2.24, 2.45) is 0 Å². The predicted octanol–water partition coefficient (Wildman–Crippen LogP) is 0.897. The van der Waals surface area contributed by atoms with Gasteiger partial charge in [-0.05, 0) is 24.3 Å². The summed E-state index contributed by atoms with van der Waals surface area (Å²) in [6.07, 6.45) is -1.34. The van der Waals surface area contributed by atoms with E-state index in [0.717, 1.165) is 0 Å². The summed E-state index contributed by atoms with van der Waals surface area (Å²) < 4.78 is 35.0. The molecule has 1 unspecified atom stereocenters. The molecule has 0 aliphatic carbocycles. The summed E-state index contributed by atoms with van der Waals surface area (Å²) in [5.74, 6) is -0.537. The van der Waals surface area contributed by atoms with Crippen LogP contribution in [-0.4, -0.2) is 71.9 Å². The first-order valence-electron chi connectivity index (χ1n) is 6.81. The van der Waals surface area contributed by atoms with Crippen LogP contribution >= 0.6 is 0 Å². The van der Waals surface area contributed by atoms with E-state index in [1.807, 2.05) is 6.07 Å². The monoisotopic (exact) mass is 360 g/mol. The first kappa shape index (κ1) is 20.8. The number of aliphatic hydroxyl groups is 1. The van der Waals surface area contributed by atoms with Crippen molar-refractivity contribution in [1.29, 1.82) is 0 Å². The Hall–Kier alpha value is -1.22. The van der Waals surface area contributed by atoms with E-state index < -0.39 is 22.0 Å². The van der Waals surface area contributed by atoms with Gasteiger partial charge in [-0.25, -0.2) is 0 Å². The van der Waals surface area contributed by atoms with Crippen LogP contribution in [0.3, 0.4) is 0 Å². The Morgan fingerprint density at radius 2 is 1.54 bits per heavy atom. The zero-order valence-corrected chi connectivity index (χ0v) is 12.9. The molecule has 0 amide bonds. The molecule has 6 nitrogen and oxygen atoms in total. The van der Waals surface area contributed by atoms with Crippen molar-refractivity contribution in [3.8, 4) is 5.75 Å². The topological polar surface area (TPSA) is 101 Å². The van der Waals surface area contributed by atoms with Crippen LogP contribution < -0.4 is 4.74 Å². The molecule has 2 rings (SSSR count). The second kappa shape index (κ2) is 9.31. The zero-order valence-electron chi connectivity index (χ0n) is 12.1. The summed E-state index contributed by atoms with van der Waals surface area (Å²) in [5.41, 5.74) is 1.06. The zero-order chi connectivity index (χ0) is 16.9. The molecule has 0 saturated heterocycles. The molecule has 0 aromatic heterocycles. The molecule has 0 heterocycles. The summed E-state index contributed by atoms with van der Waals surface area (Å²) in [6.45, 7) is -0.286. The van der Waals surface area contributed by atoms with E-state index >= 15 is 0 Å². The van der Waals surface area contributed by atoms with E-state index in [1.54, 1.807) is 48.5 Å². The maximum atomic E-state index is 12.2. The number of hydrogen-bond acceptors (Lipinski definition) is 5. The molecule has 0 aliphatic heterocycles. The normalized spacial score (nSPS) is 12.1. The Bertz CT molecular complexity index is 759. The van der Waals surface area contributed by atoms with Crippen LogP contribution in [0.2, 0.25) is 0 Å². The molecule has 2 aromatic carbocycles. The fourth-order valence-corrected chi connectivity index (χ4v) is 2.52. The number of ketones is 1. The van der Waals surface area contributed by atoms with E-state index in [-0.39, 0.29) is 41.9 Å². The van der Waals surface area contributed by atoms with Crippen molar-refractivity contribution in [2.75, 3.05) is 12.4 Å². The van der Waals surface area contributed by atoms with Gasteiger partial charge < -0.3 is 9.84 Å². The van der Waals surface area contributed by atoms with Gasteiger partial charge >= 0.3 is 29.6 Å². The van der Waals surface area contributed by atoms with Gasteiger partial charge in [-0.15, -0.1) is 0 Å². The molecule has 0 bridgehead atoms. The molecule has 0 aliphatic rings. The van der Waals surface area contributed by atoms with Crippen molar-refractivity contribution in [2.45, 2.75) is 6.10 Å². The number of aliphatic hydroxyl groups excluding tert-OH is 1. The van der Waals surface area contributed by atoms with Crippen molar-refractivity contribution in [1.82, 2.24) is 0 Å². The third kappa shape index (κ3) is 6.72. The number of hydrogen-bond donors (Lipinski definition) is 2. The molecule has 0 spiro atoms. The molecular weight excluding hydrogens is 343 g/mol. The van der Waals surface area contributed by atoms with Gasteiger partial charge in [-0.3, -0.25) is 9.35 Å². The van der Waals surface area contributed by atoms with Gasteiger partial charge in [0.2, 0.25) is 0 Å². The molecule has 2 aromatic rings. The summed E-state index contributed by atoms with van der Waals surface area (Å²) in [7, 11) is -4.25. The molecule has 0 fully saturated rings. The van der Waals surface area contributed by atoms with E-state index in [0.29, 0.717) is 16.9 Å². The van der Waals surface area contributed by atoms with E-state index in [2.05, 4.69) is 0 Å². The minimum atomic E-state index is -4.25. The minimum absolute atomic E-state index is 0. The van der Waals surface area contributed by atoms with E-state index in [9.17, 15) is 18.3 Å². The summed E-state index contributed by atoms with van der Waals surface area (Å²) in [5, 5.41) is 9.42. The molecule has 2 N–H and O–H groups in total. The van der Waals surface area contributed by atoms with Crippen LogP contribution in [0.15, 0.2) is 54.6 Å². The Morgan fingerprint density at radius 1 is 1.00 bits per heavy atom. The number of benzene rings is 2. The first-order chi connectivity index (χ1) is 10.8. The molecule has 0 radical (unpaired) electrons. The number of carbonyl (C=O) groups excluding carboxylic acids is 1. The molecule has 24 heavy (non-hydrogen) atoms. The molecule has 8 heteroatoms. The van der Waals surface area contributed by atoms with Gasteiger partial charge in [0.1, 0.15) is 24.2 Å². The second-order valence-corrected chi connectivity index (χ2v) is 6.43. The van der Waals surface area contributed by atoms with Crippen molar-refractivity contribution < 1.29 is 27.6 Å². The average Bonchev–Trinajstić information content (AvgIpc) is 2.52. The Balaban J connectivity index is 0.00000288. The molecule has 1 atom stereocenters. The predicted molar refractivity (Wildman–Crippen MR) is 91.4 cm³/mol. The van der Waals surface area contributed by atoms with Crippen molar-refractivity contribution >= 4 is 45.5 Å². The fourth-order valence-electron chi connectivity index (χ4n) is 1.94. The van der Waals surface area contributed by atoms with Crippen LogP contribution in [0, 0.1) is 0 Å². The van der Waals surface area contributed by atoms with Crippen molar-refractivity contribution in [3.63, 3.8) is 0 Å². The van der Waals surface area contributed by atoms with Gasteiger partial charge in [0.05, 0.1) is 0 Å². The molecule has 124 valence electrons. The van der Waals surface area contributed by atoms with Gasteiger partial charge in [0, 0.05) is 11.1 Å². The fraction of sp³-hybridized carbons (Fsp3) is 0.188. The van der Waals surface area contributed by atoms with Crippen LogP contribution in [0.1, 0.15) is 15.9 Å². The Labute approximate surface area is 162 Å². The van der Waals surface area contributed by atoms with Crippen LogP contribution in [0.25, 0.3) is 0 Å². The van der Waals surface area contributed by atoms with Crippen molar-refractivity contribution in [3.05, 3.63) is 65.7 Å². The summed E-state index contributed by atoms with van der Waals surface area (Å²) in [6, 6.07) is 15.1. The SMILES string of the molecule is O=C(c1ccccc1)c1ccc(OCC(O)CS(=O)(=O)O)cc1.[NaH]. The number of carbonyl (C=O) groups is 1. The first-order valence-corrected chi connectivity index (χ1v) is 8.42. The Morgan fingerprint density at radius 3 is 2.08 bits per heavy atom. The average molecular weight is 360 g/mol. The molecular formula is C16H17NaO6S. The Kier molecular flexibility index (Phi) is 8.08. The van der Waals surface area contributed by atoms with Crippen LogP contribution in [-0.2, 0) is 10.1 Å². The standard InChI is InChI=1S/C16H16O6S.Na.H/c17-14(11-23(19,20)21)10-22-15-8-6-13(7-9-15)16(18)12-4-2-1-3-5-12;;/h1-9,14,17H,10-11H2,(H,19,20,21);;. The molecule has 0 saturated carbocycles. The van der Waals surface area contributed by atoms with E-state index in [4.69, 9.17) is 9.29 Å². The van der Waals surface area contributed by atoms with Gasteiger partial charge in [-0.2, -0.15) is 8.42 Å². The van der Waals surface area contributed by atoms with Crippen LogP contribution in [0.4, 0.5) is 0 Å². The third-order valence-electron chi connectivity index (χ3n) is 3.00. The van der Waals surface area contributed by atoms with Gasteiger partial charge in [0.25, 0.3) is 10.1 Å². The number of rotatable bonds is 7. The second-order valence-electron chi connectivity index (χ2n) is 4.93. The maximum absolute atomic E-state index is 12.2. The van der Waals surface area contributed by atoms with Gasteiger partial charge in [-0.1, -0.05) is 30.3 Å². The summed E-state index contributed by atoms with van der Waals surface area (Å²) >= 11 is 0. The summed E-state index contributed by atoms with van der Waals surface area (Å²) in [4.78, 5) is 12.2.